The number of Topliss-reactive ketones (excluding diaryl/α,β-unsaturated/α-hetero) is 1. The Labute approximate surface area is 115 Å². The van der Waals surface area contributed by atoms with Gasteiger partial charge in [-0.25, -0.2) is 4.68 Å². The second-order valence-corrected chi connectivity index (χ2v) is 6.47. The minimum Gasteiger partial charge on any atom is -0.459 e. The van der Waals surface area contributed by atoms with E-state index in [9.17, 15) is 9.59 Å². The van der Waals surface area contributed by atoms with E-state index < -0.39 is 11.6 Å². The topological polar surface area (TPSA) is 61.2 Å². The molecular weight excluding hydrogens is 268 g/mol. The van der Waals surface area contributed by atoms with Crippen molar-refractivity contribution in [2.24, 2.45) is 5.92 Å². The van der Waals surface area contributed by atoms with Crippen LogP contribution in [0.2, 0.25) is 5.15 Å². The Morgan fingerprint density at radius 2 is 2.16 bits per heavy atom. The van der Waals surface area contributed by atoms with Gasteiger partial charge >= 0.3 is 5.97 Å². The number of hydrogen-bond acceptors (Lipinski definition) is 4. The summed E-state index contributed by atoms with van der Waals surface area (Å²) in [5, 5.41) is 4.56. The van der Waals surface area contributed by atoms with Gasteiger partial charge in [-0.1, -0.05) is 11.6 Å². The van der Waals surface area contributed by atoms with Crippen molar-refractivity contribution in [1.29, 1.82) is 0 Å². The number of halogens is 1. The average molecular weight is 283 g/mol. The van der Waals surface area contributed by atoms with E-state index in [2.05, 4.69) is 5.10 Å². The van der Waals surface area contributed by atoms with Crippen molar-refractivity contribution in [1.82, 2.24) is 9.78 Å². The van der Waals surface area contributed by atoms with Gasteiger partial charge in [0.2, 0.25) is 0 Å². The molecule has 0 N–H and O–H groups in total. The fourth-order valence-corrected chi connectivity index (χ4v) is 2.87. The monoisotopic (exact) mass is 282 g/mol. The van der Waals surface area contributed by atoms with E-state index in [1.165, 1.54) is 4.68 Å². The third-order valence-corrected chi connectivity index (χ3v) is 3.75. The number of nitrogens with zero attached hydrogens (tertiary/aromatic N) is 2. The maximum atomic E-state index is 11.9. The molecule has 3 rings (SSSR count). The van der Waals surface area contributed by atoms with Gasteiger partial charge < -0.3 is 4.74 Å². The molecule has 5 nitrogen and oxygen atoms in total. The van der Waals surface area contributed by atoms with Crippen molar-refractivity contribution in [3.05, 3.63) is 16.4 Å². The predicted octanol–water partition coefficient (Wildman–Crippen LogP) is 2.18. The minimum absolute atomic E-state index is 0.0600. The van der Waals surface area contributed by atoms with E-state index in [4.69, 9.17) is 16.3 Å². The summed E-state index contributed by atoms with van der Waals surface area (Å²) >= 11 is 6.21. The van der Waals surface area contributed by atoms with Gasteiger partial charge in [0, 0.05) is 17.4 Å². The van der Waals surface area contributed by atoms with Crippen LogP contribution in [0.15, 0.2) is 0 Å². The molecule has 1 heterocycles. The van der Waals surface area contributed by atoms with Crippen LogP contribution in [0.3, 0.4) is 0 Å². The van der Waals surface area contributed by atoms with Crippen LogP contribution < -0.4 is 0 Å². The Morgan fingerprint density at radius 1 is 1.47 bits per heavy atom. The number of hydrogen-bond donors (Lipinski definition) is 0. The van der Waals surface area contributed by atoms with Gasteiger partial charge in [0.15, 0.2) is 5.78 Å². The number of carbonyl (C=O) groups excluding carboxylic acids is 2. The highest BCUT2D eigenvalue weighted by molar-refractivity contribution is 6.31. The highest BCUT2D eigenvalue weighted by Crippen LogP contribution is 2.57. The second-order valence-electron chi connectivity index (χ2n) is 6.11. The van der Waals surface area contributed by atoms with Crippen molar-refractivity contribution in [3.63, 3.8) is 0 Å². The van der Waals surface area contributed by atoms with E-state index in [-0.39, 0.29) is 24.2 Å². The smallest absolute Gasteiger partial charge is 0.328 e. The molecule has 0 aromatic carbocycles. The van der Waals surface area contributed by atoms with Crippen LogP contribution >= 0.6 is 11.6 Å². The summed E-state index contributed by atoms with van der Waals surface area (Å²) in [6, 6.07) is 0. The molecule has 1 saturated carbocycles. The number of ether oxygens (including phenoxy) is 1. The van der Waals surface area contributed by atoms with Crippen LogP contribution in [0.1, 0.15) is 49.2 Å². The highest BCUT2D eigenvalue weighted by Gasteiger charge is 2.55. The molecule has 0 amide bonds. The van der Waals surface area contributed by atoms with Gasteiger partial charge in [-0.3, -0.25) is 9.59 Å². The van der Waals surface area contributed by atoms with E-state index in [1.807, 2.05) is 0 Å². The van der Waals surface area contributed by atoms with Crippen molar-refractivity contribution < 1.29 is 14.3 Å². The lowest BCUT2D eigenvalue weighted by Crippen LogP contribution is -2.27. The molecule has 0 bridgehead atoms. The third-order valence-electron chi connectivity index (χ3n) is 3.35. The first-order chi connectivity index (χ1) is 8.78. The standard InChI is InChI=1S/C13H15ClN2O3/c1-13(2,3)19-8(17)5-16-12(14)9-6-4-7(6)11(18)10(9)15-16/h6-7H,4-5H2,1-3H3/t6-,7+/m0/s1. The fourth-order valence-electron chi connectivity index (χ4n) is 2.55. The van der Waals surface area contributed by atoms with Crippen LogP contribution in [0.25, 0.3) is 0 Å². The van der Waals surface area contributed by atoms with E-state index in [0.29, 0.717) is 10.8 Å². The van der Waals surface area contributed by atoms with Crippen molar-refractivity contribution in [2.45, 2.75) is 45.3 Å². The van der Waals surface area contributed by atoms with Crippen LogP contribution in [0.5, 0.6) is 0 Å². The SMILES string of the molecule is CC(C)(C)OC(=O)Cn1nc2c(c1Cl)[C@H]1C[C@H]1C2=O. The quantitative estimate of drug-likeness (QED) is 0.780. The Kier molecular flexibility index (Phi) is 2.55. The summed E-state index contributed by atoms with van der Waals surface area (Å²) in [7, 11) is 0. The number of carbonyl (C=O) groups is 2. The molecule has 102 valence electrons. The second kappa shape index (κ2) is 3.82. The largest absolute Gasteiger partial charge is 0.459 e. The first-order valence-electron chi connectivity index (χ1n) is 6.30. The Morgan fingerprint density at radius 3 is 2.74 bits per heavy atom. The van der Waals surface area contributed by atoms with Gasteiger partial charge in [0.05, 0.1) is 0 Å². The molecule has 0 radical (unpaired) electrons. The fraction of sp³-hybridized carbons (Fsp3) is 0.615. The summed E-state index contributed by atoms with van der Waals surface area (Å²) in [5.41, 5.74) is 0.714. The summed E-state index contributed by atoms with van der Waals surface area (Å²) in [4.78, 5) is 23.6. The number of aromatic nitrogens is 2. The minimum atomic E-state index is -0.545. The molecule has 0 aliphatic heterocycles. The zero-order valence-electron chi connectivity index (χ0n) is 11.1. The average Bonchev–Trinajstić information content (AvgIpc) is 2.90. The molecular formula is C13H15ClN2O3. The number of fused-ring (bicyclic) bond motifs is 3. The van der Waals surface area contributed by atoms with E-state index >= 15 is 0 Å². The van der Waals surface area contributed by atoms with Crippen LogP contribution in [-0.4, -0.2) is 27.1 Å². The maximum Gasteiger partial charge on any atom is 0.328 e. The molecule has 0 saturated heterocycles. The summed E-state index contributed by atoms with van der Waals surface area (Å²) in [6.45, 7) is 5.34. The van der Waals surface area contributed by atoms with Crippen molar-refractivity contribution >= 4 is 23.4 Å². The van der Waals surface area contributed by atoms with Gasteiger partial charge in [0.25, 0.3) is 0 Å². The Balaban J connectivity index is 1.81. The lowest BCUT2D eigenvalue weighted by atomic mass is 10.2. The van der Waals surface area contributed by atoms with Crippen LogP contribution in [-0.2, 0) is 16.1 Å². The van der Waals surface area contributed by atoms with E-state index in [0.717, 1.165) is 12.0 Å². The van der Waals surface area contributed by atoms with Crippen molar-refractivity contribution in [3.8, 4) is 0 Å². The van der Waals surface area contributed by atoms with Crippen LogP contribution in [0, 0.1) is 5.92 Å². The molecule has 2 atom stereocenters. The van der Waals surface area contributed by atoms with Gasteiger partial charge in [-0.2, -0.15) is 5.10 Å². The van der Waals surface area contributed by atoms with Gasteiger partial charge in [-0.05, 0) is 27.2 Å². The molecule has 0 unspecified atom stereocenters. The number of ketones is 1. The highest BCUT2D eigenvalue weighted by atomic mass is 35.5. The summed E-state index contributed by atoms with van der Waals surface area (Å²) in [5.74, 6) is -0.0335. The van der Waals surface area contributed by atoms with Gasteiger partial charge in [0.1, 0.15) is 23.0 Å². The molecule has 2 aliphatic carbocycles. The first kappa shape index (κ1) is 12.7. The van der Waals surface area contributed by atoms with Crippen LogP contribution in [0.4, 0.5) is 0 Å². The molecule has 0 spiro atoms. The maximum absolute atomic E-state index is 11.9. The Hall–Kier alpha value is -1.36. The van der Waals surface area contributed by atoms with E-state index in [1.54, 1.807) is 20.8 Å². The number of rotatable bonds is 2. The summed E-state index contributed by atoms with van der Waals surface area (Å²) < 4.78 is 6.59. The number of esters is 1. The molecule has 1 fully saturated rings. The Bertz CT molecular complexity index is 585. The lowest BCUT2D eigenvalue weighted by molar-refractivity contribution is -0.155. The molecule has 19 heavy (non-hydrogen) atoms. The normalized spacial score (nSPS) is 24.1. The predicted molar refractivity (Wildman–Crippen MR) is 68.3 cm³/mol. The zero-order valence-corrected chi connectivity index (χ0v) is 11.8. The first-order valence-corrected chi connectivity index (χ1v) is 6.68. The lowest BCUT2D eigenvalue weighted by Gasteiger charge is -2.19. The molecule has 1 aromatic heterocycles. The molecule has 2 aliphatic rings. The van der Waals surface area contributed by atoms with Gasteiger partial charge in [-0.15, -0.1) is 0 Å². The summed E-state index contributed by atoms with van der Waals surface area (Å²) in [6.07, 6.45) is 0.865. The van der Waals surface area contributed by atoms with Crippen molar-refractivity contribution in [2.75, 3.05) is 0 Å². The third kappa shape index (κ3) is 2.06. The molecule has 1 aromatic rings. The zero-order chi connectivity index (χ0) is 13.9. The molecule has 6 heteroatoms.